The van der Waals surface area contributed by atoms with Gasteiger partial charge in [0.2, 0.25) is 5.91 Å². The van der Waals surface area contributed by atoms with E-state index in [0.717, 1.165) is 39.0 Å². The lowest BCUT2D eigenvalue weighted by molar-refractivity contribution is -0.132. The van der Waals surface area contributed by atoms with Gasteiger partial charge in [-0.1, -0.05) is 18.2 Å². The number of hydrogen-bond acceptors (Lipinski definition) is 3. The minimum Gasteiger partial charge on any atom is -0.367 e. The minimum atomic E-state index is 0.0286. The van der Waals surface area contributed by atoms with Crippen molar-refractivity contribution in [3.05, 3.63) is 29.8 Å². The van der Waals surface area contributed by atoms with Gasteiger partial charge in [-0.2, -0.15) is 0 Å². The molecule has 3 heterocycles. The Balaban J connectivity index is 1.44. The molecule has 1 aromatic carbocycles. The third-order valence-corrected chi connectivity index (χ3v) is 5.19. The van der Waals surface area contributed by atoms with Crippen molar-refractivity contribution in [3.63, 3.8) is 0 Å². The van der Waals surface area contributed by atoms with Crippen LogP contribution in [0, 0.1) is 0 Å². The van der Waals surface area contributed by atoms with Gasteiger partial charge in [-0.3, -0.25) is 4.79 Å². The van der Waals surface area contributed by atoms with Crippen LogP contribution < -0.4 is 10.2 Å². The monoisotopic (exact) mass is 285 g/mol. The first-order valence-electron chi connectivity index (χ1n) is 8.19. The maximum absolute atomic E-state index is 12.5. The number of carbonyl (C=O) groups excluding carboxylic acids is 1. The topological polar surface area (TPSA) is 35.6 Å². The molecule has 1 N–H and O–H groups in total. The molecule has 4 rings (SSSR count). The lowest BCUT2D eigenvalue weighted by Gasteiger charge is -2.26. The second-order valence-electron chi connectivity index (χ2n) is 6.45. The zero-order chi connectivity index (χ0) is 14.2. The van der Waals surface area contributed by atoms with Crippen molar-refractivity contribution < 1.29 is 4.79 Å². The highest BCUT2D eigenvalue weighted by Gasteiger charge is 2.37. The van der Waals surface area contributed by atoms with E-state index in [-0.39, 0.29) is 6.04 Å². The number of para-hydroxylation sites is 1. The Labute approximate surface area is 126 Å². The molecule has 2 saturated heterocycles. The van der Waals surface area contributed by atoms with Crippen molar-refractivity contribution >= 4 is 11.6 Å². The highest BCUT2D eigenvalue weighted by Crippen LogP contribution is 2.31. The molecule has 0 aliphatic carbocycles. The summed E-state index contributed by atoms with van der Waals surface area (Å²) in [5, 5.41) is 3.46. The Bertz CT molecular complexity index is 539. The first-order chi connectivity index (χ1) is 10.3. The fourth-order valence-electron chi connectivity index (χ4n) is 4.04. The van der Waals surface area contributed by atoms with Crippen LogP contribution in [0.5, 0.6) is 0 Å². The van der Waals surface area contributed by atoms with E-state index in [4.69, 9.17) is 0 Å². The van der Waals surface area contributed by atoms with Crippen molar-refractivity contribution in [1.29, 1.82) is 0 Å². The maximum Gasteiger partial charge on any atom is 0.239 e. The zero-order valence-electron chi connectivity index (χ0n) is 12.4. The van der Waals surface area contributed by atoms with Gasteiger partial charge in [0.05, 0.1) is 6.04 Å². The molecule has 0 unspecified atom stereocenters. The summed E-state index contributed by atoms with van der Waals surface area (Å²) in [4.78, 5) is 17.0. The standard InChI is InChI=1S/C17H23N3O/c21-17(19-8-3-4-9-19)15-11-14(12-18-15)20-10-7-13-5-1-2-6-16(13)20/h1-2,5-6,14-15,18H,3-4,7-12H2/t14-,15-/m0/s1. The second kappa shape index (κ2) is 5.34. The normalized spacial score (nSPS) is 28.2. The van der Waals surface area contributed by atoms with Crippen LogP contribution in [0.3, 0.4) is 0 Å². The molecule has 0 bridgehead atoms. The number of carbonyl (C=O) groups is 1. The number of fused-ring (bicyclic) bond motifs is 1. The summed E-state index contributed by atoms with van der Waals surface area (Å²) in [6.45, 7) is 3.93. The highest BCUT2D eigenvalue weighted by atomic mass is 16.2. The van der Waals surface area contributed by atoms with E-state index in [9.17, 15) is 4.79 Å². The zero-order valence-corrected chi connectivity index (χ0v) is 12.4. The number of hydrogen-bond donors (Lipinski definition) is 1. The average molecular weight is 285 g/mol. The Morgan fingerprint density at radius 1 is 1.14 bits per heavy atom. The van der Waals surface area contributed by atoms with Crippen LogP contribution in [0.15, 0.2) is 24.3 Å². The van der Waals surface area contributed by atoms with Gasteiger partial charge >= 0.3 is 0 Å². The average Bonchev–Trinajstić information content (AvgIpc) is 3.25. The van der Waals surface area contributed by atoms with Crippen molar-refractivity contribution in [2.45, 2.75) is 37.8 Å². The molecule has 2 atom stereocenters. The molecule has 3 aliphatic rings. The van der Waals surface area contributed by atoms with Gasteiger partial charge in [0.1, 0.15) is 0 Å². The van der Waals surface area contributed by atoms with E-state index in [1.54, 1.807) is 0 Å². The Kier molecular flexibility index (Phi) is 3.34. The molecule has 0 aromatic heterocycles. The van der Waals surface area contributed by atoms with Crippen LogP contribution >= 0.6 is 0 Å². The van der Waals surface area contributed by atoms with Gasteiger partial charge in [0.25, 0.3) is 0 Å². The third-order valence-electron chi connectivity index (χ3n) is 5.19. The molecular weight excluding hydrogens is 262 g/mol. The van der Waals surface area contributed by atoms with Crippen LogP contribution in [0.4, 0.5) is 5.69 Å². The number of likely N-dealkylation sites (tertiary alicyclic amines) is 1. The molecule has 1 amide bonds. The van der Waals surface area contributed by atoms with Crippen molar-refractivity contribution in [1.82, 2.24) is 10.2 Å². The first-order valence-corrected chi connectivity index (χ1v) is 8.19. The fraction of sp³-hybridized carbons (Fsp3) is 0.588. The highest BCUT2D eigenvalue weighted by molar-refractivity contribution is 5.82. The smallest absolute Gasteiger partial charge is 0.239 e. The van der Waals surface area contributed by atoms with E-state index >= 15 is 0 Å². The third kappa shape index (κ3) is 2.31. The van der Waals surface area contributed by atoms with Crippen LogP contribution in [0.2, 0.25) is 0 Å². The van der Waals surface area contributed by atoms with E-state index in [1.807, 2.05) is 4.90 Å². The van der Waals surface area contributed by atoms with Crippen LogP contribution in [-0.4, -0.2) is 49.1 Å². The van der Waals surface area contributed by atoms with Crippen LogP contribution in [-0.2, 0) is 11.2 Å². The van der Waals surface area contributed by atoms with Gasteiger partial charge in [-0.15, -0.1) is 0 Å². The second-order valence-corrected chi connectivity index (χ2v) is 6.45. The van der Waals surface area contributed by atoms with Crippen LogP contribution in [0.1, 0.15) is 24.8 Å². The molecule has 3 aliphatic heterocycles. The van der Waals surface area contributed by atoms with Gasteiger partial charge in [-0.25, -0.2) is 0 Å². The molecule has 4 nitrogen and oxygen atoms in total. The fourth-order valence-corrected chi connectivity index (χ4v) is 4.04. The van der Waals surface area contributed by atoms with Crippen molar-refractivity contribution in [2.24, 2.45) is 0 Å². The summed E-state index contributed by atoms with van der Waals surface area (Å²) in [6, 6.07) is 9.18. The first kappa shape index (κ1) is 13.1. The summed E-state index contributed by atoms with van der Waals surface area (Å²) in [5.74, 6) is 0.322. The number of nitrogens with one attached hydrogen (secondary N) is 1. The Morgan fingerprint density at radius 3 is 2.81 bits per heavy atom. The predicted molar refractivity (Wildman–Crippen MR) is 83.5 cm³/mol. The SMILES string of the molecule is O=C([C@@H]1C[C@H](N2CCc3ccccc32)CN1)N1CCCC1. The van der Waals surface area contributed by atoms with Gasteiger partial charge in [0, 0.05) is 37.9 Å². The van der Waals surface area contributed by atoms with E-state index in [1.165, 1.54) is 24.1 Å². The lowest BCUT2D eigenvalue weighted by atomic mass is 10.1. The summed E-state index contributed by atoms with van der Waals surface area (Å²) in [7, 11) is 0. The molecule has 2 fully saturated rings. The van der Waals surface area contributed by atoms with Crippen LogP contribution in [0.25, 0.3) is 0 Å². The van der Waals surface area contributed by atoms with Gasteiger partial charge in [-0.05, 0) is 37.3 Å². The molecule has 112 valence electrons. The number of rotatable bonds is 2. The number of nitrogens with zero attached hydrogens (tertiary/aromatic N) is 2. The van der Waals surface area contributed by atoms with E-state index in [0.29, 0.717) is 11.9 Å². The molecule has 0 radical (unpaired) electrons. The molecular formula is C17H23N3O. The summed E-state index contributed by atoms with van der Waals surface area (Å²) in [5.41, 5.74) is 2.82. The summed E-state index contributed by atoms with van der Waals surface area (Å²) < 4.78 is 0. The molecule has 0 saturated carbocycles. The molecule has 1 aromatic rings. The molecule has 21 heavy (non-hydrogen) atoms. The Morgan fingerprint density at radius 2 is 1.95 bits per heavy atom. The summed E-state index contributed by atoms with van der Waals surface area (Å²) >= 11 is 0. The maximum atomic E-state index is 12.5. The number of anilines is 1. The lowest BCUT2D eigenvalue weighted by Crippen LogP contribution is -2.42. The summed E-state index contributed by atoms with van der Waals surface area (Å²) in [6.07, 6.45) is 4.42. The largest absolute Gasteiger partial charge is 0.367 e. The predicted octanol–water partition coefficient (Wildman–Crippen LogP) is 1.40. The van der Waals surface area contributed by atoms with E-state index < -0.39 is 0 Å². The van der Waals surface area contributed by atoms with Gasteiger partial charge in [0.15, 0.2) is 0 Å². The molecule has 4 heteroatoms. The number of amides is 1. The number of benzene rings is 1. The quantitative estimate of drug-likeness (QED) is 0.892. The van der Waals surface area contributed by atoms with Crippen molar-refractivity contribution in [2.75, 3.05) is 31.1 Å². The minimum absolute atomic E-state index is 0.0286. The van der Waals surface area contributed by atoms with Crippen molar-refractivity contribution in [3.8, 4) is 0 Å². The van der Waals surface area contributed by atoms with E-state index in [2.05, 4.69) is 34.5 Å². The van der Waals surface area contributed by atoms with Gasteiger partial charge < -0.3 is 15.1 Å². The molecule has 0 spiro atoms. The Hall–Kier alpha value is -1.55.